The highest BCUT2D eigenvalue weighted by Gasteiger charge is 2.21. The van der Waals surface area contributed by atoms with Crippen LogP contribution < -0.4 is 4.90 Å². The summed E-state index contributed by atoms with van der Waals surface area (Å²) in [7, 11) is 0. The van der Waals surface area contributed by atoms with Crippen molar-refractivity contribution in [2.24, 2.45) is 0 Å². The summed E-state index contributed by atoms with van der Waals surface area (Å²) < 4.78 is 0.912. The van der Waals surface area contributed by atoms with Gasteiger partial charge in [0.05, 0.1) is 27.5 Å². The van der Waals surface area contributed by atoms with Crippen molar-refractivity contribution >= 4 is 56.0 Å². The van der Waals surface area contributed by atoms with Gasteiger partial charge in [-0.05, 0) is 55.0 Å². The first-order valence-electron chi connectivity index (χ1n) is 10.1. The van der Waals surface area contributed by atoms with Gasteiger partial charge in [-0.3, -0.25) is 14.7 Å². The van der Waals surface area contributed by atoms with E-state index in [0.29, 0.717) is 23.1 Å². The molecule has 0 radical (unpaired) electrons. The minimum atomic E-state index is 0.0483. The van der Waals surface area contributed by atoms with E-state index in [1.807, 2.05) is 55.5 Å². The SMILES string of the molecule is Cc1ccc(Cl)c2sc(N(Cc3ccccn3)C(=O)CCCSc3ccccc3)nc12. The van der Waals surface area contributed by atoms with Gasteiger partial charge in [0.25, 0.3) is 0 Å². The first-order valence-corrected chi connectivity index (χ1v) is 12.2. The molecule has 0 aliphatic rings. The summed E-state index contributed by atoms with van der Waals surface area (Å²) in [4.78, 5) is 25.4. The van der Waals surface area contributed by atoms with Crippen molar-refractivity contribution in [1.82, 2.24) is 9.97 Å². The van der Waals surface area contributed by atoms with Crippen LogP contribution in [-0.4, -0.2) is 21.6 Å². The van der Waals surface area contributed by atoms with E-state index in [4.69, 9.17) is 16.6 Å². The van der Waals surface area contributed by atoms with Crippen molar-refractivity contribution in [3.05, 3.63) is 83.1 Å². The average molecular weight is 468 g/mol. The lowest BCUT2D eigenvalue weighted by molar-refractivity contribution is -0.118. The number of amides is 1. The second kappa shape index (κ2) is 10.3. The molecule has 2 aromatic heterocycles. The summed E-state index contributed by atoms with van der Waals surface area (Å²) in [6.45, 7) is 2.40. The normalized spacial score (nSPS) is 11.0. The van der Waals surface area contributed by atoms with Crippen molar-refractivity contribution in [3.63, 3.8) is 0 Å². The number of halogens is 1. The molecule has 4 aromatic rings. The van der Waals surface area contributed by atoms with Crippen LogP contribution in [0.2, 0.25) is 5.02 Å². The number of benzene rings is 2. The van der Waals surface area contributed by atoms with Crippen LogP contribution >= 0.6 is 34.7 Å². The number of fused-ring (bicyclic) bond motifs is 1. The molecule has 1 amide bonds. The summed E-state index contributed by atoms with van der Waals surface area (Å²) in [6.07, 6.45) is 2.99. The average Bonchev–Trinajstić information content (AvgIpc) is 3.25. The van der Waals surface area contributed by atoms with Gasteiger partial charge >= 0.3 is 0 Å². The third-order valence-corrected chi connectivity index (χ3v) is 7.45. The Hall–Kier alpha value is -2.41. The molecular formula is C24H22ClN3OS2. The van der Waals surface area contributed by atoms with Gasteiger partial charge in [-0.15, -0.1) is 11.8 Å². The number of thioether (sulfide) groups is 1. The Labute approximate surface area is 195 Å². The molecule has 0 saturated carbocycles. The number of hydrogen-bond acceptors (Lipinski definition) is 5. The highest BCUT2D eigenvalue weighted by molar-refractivity contribution is 7.99. The predicted octanol–water partition coefficient (Wildman–Crippen LogP) is 6.76. The molecule has 4 nitrogen and oxygen atoms in total. The first-order chi connectivity index (χ1) is 15.1. The lowest BCUT2D eigenvalue weighted by atomic mass is 10.2. The minimum absolute atomic E-state index is 0.0483. The van der Waals surface area contributed by atoms with Gasteiger partial charge in [0.15, 0.2) is 5.13 Å². The fourth-order valence-corrected chi connectivity index (χ4v) is 5.39. The number of anilines is 1. The van der Waals surface area contributed by atoms with Crippen LogP contribution in [0, 0.1) is 6.92 Å². The van der Waals surface area contributed by atoms with Crippen LogP contribution in [0.1, 0.15) is 24.1 Å². The molecule has 0 fully saturated rings. The van der Waals surface area contributed by atoms with E-state index < -0.39 is 0 Å². The summed E-state index contributed by atoms with van der Waals surface area (Å²) >= 11 is 9.63. The van der Waals surface area contributed by atoms with E-state index in [9.17, 15) is 4.79 Å². The maximum atomic E-state index is 13.2. The monoisotopic (exact) mass is 467 g/mol. The molecule has 158 valence electrons. The molecule has 2 heterocycles. The molecule has 2 aromatic carbocycles. The van der Waals surface area contributed by atoms with E-state index in [1.54, 1.807) is 22.9 Å². The second-order valence-electron chi connectivity index (χ2n) is 7.10. The topological polar surface area (TPSA) is 46.1 Å². The zero-order valence-electron chi connectivity index (χ0n) is 17.1. The molecule has 0 atom stereocenters. The standard InChI is InChI=1S/C24H22ClN3OS2/c1-17-12-13-20(25)23-22(17)27-24(31-23)28(16-18-8-5-6-14-26-18)21(29)11-7-15-30-19-9-3-2-4-10-19/h2-6,8-10,12-14H,7,11,15-16H2,1H3. The Morgan fingerprint density at radius 1 is 1.10 bits per heavy atom. The van der Waals surface area contributed by atoms with Gasteiger partial charge < -0.3 is 0 Å². The van der Waals surface area contributed by atoms with Gasteiger partial charge in [0.1, 0.15) is 0 Å². The van der Waals surface area contributed by atoms with Crippen LogP contribution in [0.4, 0.5) is 5.13 Å². The summed E-state index contributed by atoms with van der Waals surface area (Å²) in [5, 5.41) is 1.33. The van der Waals surface area contributed by atoms with E-state index in [0.717, 1.165) is 33.6 Å². The Balaban J connectivity index is 1.52. The van der Waals surface area contributed by atoms with Gasteiger partial charge in [-0.25, -0.2) is 4.98 Å². The summed E-state index contributed by atoms with van der Waals surface area (Å²) in [5.74, 6) is 0.935. The largest absolute Gasteiger partial charge is 0.282 e. The molecule has 7 heteroatoms. The molecule has 0 bridgehead atoms. The van der Waals surface area contributed by atoms with Crippen molar-refractivity contribution in [2.75, 3.05) is 10.7 Å². The number of pyridine rings is 1. The fourth-order valence-electron chi connectivity index (χ4n) is 3.19. The van der Waals surface area contributed by atoms with Crippen molar-refractivity contribution in [3.8, 4) is 0 Å². The van der Waals surface area contributed by atoms with Gasteiger partial charge in [0, 0.05) is 17.5 Å². The fraction of sp³-hybridized carbons (Fsp3) is 0.208. The number of carbonyl (C=O) groups excluding carboxylic acids is 1. The Bertz CT molecular complexity index is 1130. The van der Waals surface area contributed by atoms with E-state index in [1.165, 1.54) is 16.2 Å². The third kappa shape index (κ3) is 5.45. The van der Waals surface area contributed by atoms with Crippen molar-refractivity contribution < 1.29 is 4.79 Å². The quantitative estimate of drug-likeness (QED) is 0.212. The van der Waals surface area contributed by atoms with Crippen molar-refractivity contribution in [1.29, 1.82) is 0 Å². The molecular weight excluding hydrogens is 446 g/mol. The number of thiazole rings is 1. The molecule has 0 aliphatic heterocycles. The molecule has 31 heavy (non-hydrogen) atoms. The number of carbonyl (C=O) groups is 1. The number of aryl methyl sites for hydroxylation is 1. The molecule has 0 unspecified atom stereocenters. The Kier molecular flexibility index (Phi) is 7.22. The molecule has 4 rings (SSSR count). The smallest absolute Gasteiger partial charge is 0.229 e. The number of nitrogens with zero attached hydrogens (tertiary/aromatic N) is 3. The van der Waals surface area contributed by atoms with Crippen LogP contribution in [0.15, 0.2) is 71.8 Å². The van der Waals surface area contributed by atoms with Crippen molar-refractivity contribution in [2.45, 2.75) is 31.2 Å². The number of hydrogen-bond donors (Lipinski definition) is 0. The lowest BCUT2D eigenvalue weighted by Crippen LogP contribution is -2.30. The van der Waals surface area contributed by atoms with Crippen LogP contribution in [-0.2, 0) is 11.3 Å². The molecule has 0 N–H and O–H groups in total. The first kappa shape index (κ1) is 21.8. The summed E-state index contributed by atoms with van der Waals surface area (Å²) in [5.41, 5.74) is 2.73. The lowest BCUT2D eigenvalue weighted by Gasteiger charge is -2.19. The maximum Gasteiger partial charge on any atom is 0.229 e. The van der Waals surface area contributed by atoms with Gasteiger partial charge in [-0.1, -0.05) is 53.3 Å². The maximum absolute atomic E-state index is 13.2. The Morgan fingerprint density at radius 3 is 2.65 bits per heavy atom. The molecule has 0 spiro atoms. The zero-order chi connectivity index (χ0) is 21.6. The Morgan fingerprint density at radius 2 is 1.90 bits per heavy atom. The van der Waals surface area contributed by atoms with Crippen LogP contribution in [0.3, 0.4) is 0 Å². The highest BCUT2D eigenvalue weighted by atomic mass is 35.5. The van der Waals surface area contributed by atoms with E-state index in [2.05, 4.69) is 17.1 Å². The van der Waals surface area contributed by atoms with Gasteiger partial charge in [0.2, 0.25) is 5.91 Å². The summed E-state index contributed by atoms with van der Waals surface area (Å²) in [6, 6.07) is 19.8. The molecule has 0 aliphatic carbocycles. The molecule has 0 saturated heterocycles. The third-order valence-electron chi connectivity index (χ3n) is 4.81. The van der Waals surface area contributed by atoms with E-state index in [-0.39, 0.29) is 5.91 Å². The number of aromatic nitrogens is 2. The minimum Gasteiger partial charge on any atom is -0.282 e. The highest BCUT2D eigenvalue weighted by Crippen LogP contribution is 2.36. The van der Waals surface area contributed by atoms with Crippen LogP contribution in [0.5, 0.6) is 0 Å². The van der Waals surface area contributed by atoms with Crippen LogP contribution in [0.25, 0.3) is 10.2 Å². The van der Waals surface area contributed by atoms with E-state index >= 15 is 0 Å². The zero-order valence-corrected chi connectivity index (χ0v) is 19.5. The predicted molar refractivity (Wildman–Crippen MR) is 131 cm³/mol. The number of rotatable bonds is 8. The van der Waals surface area contributed by atoms with Gasteiger partial charge in [-0.2, -0.15) is 0 Å². The second-order valence-corrected chi connectivity index (χ2v) is 9.66.